The summed E-state index contributed by atoms with van der Waals surface area (Å²) in [5.74, 6) is -3.32. The van der Waals surface area contributed by atoms with Crippen molar-refractivity contribution in [2.24, 2.45) is 5.16 Å². The van der Waals surface area contributed by atoms with E-state index in [1.54, 1.807) is 30.3 Å². The van der Waals surface area contributed by atoms with Crippen LogP contribution in [0.15, 0.2) is 35.5 Å². The summed E-state index contributed by atoms with van der Waals surface area (Å²) < 4.78 is 15.5. The molecule has 0 spiro atoms. The number of rotatable bonds is 3. The second kappa shape index (κ2) is 7.26. The third kappa shape index (κ3) is 4.29. The van der Waals surface area contributed by atoms with Gasteiger partial charge in [0.1, 0.15) is 12.2 Å². The lowest BCUT2D eigenvalue weighted by Crippen LogP contribution is -2.57. The van der Waals surface area contributed by atoms with Crippen LogP contribution in [0.4, 0.5) is 10.5 Å². The van der Waals surface area contributed by atoms with Gasteiger partial charge in [-0.25, -0.2) is 4.79 Å². The van der Waals surface area contributed by atoms with E-state index in [9.17, 15) is 34.5 Å². The first-order chi connectivity index (χ1) is 11.2. The summed E-state index contributed by atoms with van der Waals surface area (Å²) in [7, 11) is -5.48. The molecule has 0 unspecified atom stereocenters. The number of aliphatic hydroxyl groups excluding tert-OH is 3. The number of ether oxygens (including phenoxy) is 1. The van der Waals surface area contributed by atoms with E-state index in [0.29, 0.717) is 5.69 Å². The van der Waals surface area contributed by atoms with Crippen LogP contribution < -0.4 is 15.1 Å². The summed E-state index contributed by atoms with van der Waals surface area (Å²) in [6.45, 7) is 0. The predicted octanol–water partition coefficient (Wildman–Crippen LogP) is -2.10. The average molecular weight is 360 g/mol. The Hall–Kier alpha value is -2.01. The number of aliphatic hydroxyl groups is 3. The molecule has 0 aromatic heterocycles. The van der Waals surface area contributed by atoms with Crippen LogP contribution in [0.3, 0.4) is 0 Å². The number of hydrogen-bond acceptors (Lipinski definition) is 10. The van der Waals surface area contributed by atoms with Gasteiger partial charge < -0.3 is 34.4 Å². The molecule has 11 nitrogen and oxygen atoms in total. The van der Waals surface area contributed by atoms with Crippen molar-refractivity contribution in [3.8, 4) is 0 Å². The number of anilines is 1. The van der Waals surface area contributed by atoms with Gasteiger partial charge in [0.25, 0.3) is 5.90 Å². The molecule has 2 rings (SSSR count). The van der Waals surface area contributed by atoms with Gasteiger partial charge in [-0.2, -0.15) is 0 Å². The highest BCUT2D eigenvalue weighted by Gasteiger charge is 2.44. The molecular formula is C12H13N2O9P-2. The minimum Gasteiger partial charge on any atom is -0.808 e. The average Bonchev–Trinajstić information content (AvgIpc) is 2.51. The maximum atomic E-state index is 11.5. The molecule has 1 aromatic carbocycles. The van der Waals surface area contributed by atoms with Crippen molar-refractivity contribution < 1.29 is 44.0 Å². The largest absolute Gasteiger partial charge is 0.808 e. The fourth-order valence-electron chi connectivity index (χ4n) is 1.84. The fraction of sp³-hybridized carbons (Fsp3) is 0.333. The van der Waals surface area contributed by atoms with Gasteiger partial charge >= 0.3 is 6.09 Å². The number of para-hydroxylation sites is 1. The quantitative estimate of drug-likeness (QED) is 0.266. The van der Waals surface area contributed by atoms with Crippen molar-refractivity contribution in [1.82, 2.24) is 0 Å². The predicted molar refractivity (Wildman–Crippen MR) is 74.5 cm³/mol. The van der Waals surface area contributed by atoms with Crippen LogP contribution in [0.2, 0.25) is 0 Å². The summed E-state index contributed by atoms with van der Waals surface area (Å²) in [6.07, 6.45) is -7.35. The summed E-state index contributed by atoms with van der Waals surface area (Å²) in [5.41, 5.74) is 0.366. The smallest absolute Gasteiger partial charge is 0.437 e. The summed E-state index contributed by atoms with van der Waals surface area (Å²) in [5, 5.41) is 33.9. The Labute approximate surface area is 135 Å². The molecule has 1 fully saturated rings. The van der Waals surface area contributed by atoms with E-state index in [-0.39, 0.29) is 0 Å². The summed E-state index contributed by atoms with van der Waals surface area (Å²) >= 11 is 0. The Bertz CT molecular complexity index is 662. The molecule has 1 saturated heterocycles. The van der Waals surface area contributed by atoms with Gasteiger partial charge in [-0.05, 0) is 24.9 Å². The Morgan fingerprint density at radius 2 is 1.83 bits per heavy atom. The van der Waals surface area contributed by atoms with Gasteiger partial charge in [-0.15, -0.1) is 0 Å². The minimum atomic E-state index is -5.48. The molecule has 1 amide bonds. The van der Waals surface area contributed by atoms with Gasteiger partial charge in [0.15, 0.2) is 11.9 Å². The zero-order valence-corrected chi connectivity index (χ0v) is 12.8. The molecule has 4 atom stereocenters. The molecule has 1 aliphatic heterocycles. The van der Waals surface area contributed by atoms with E-state index in [1.165, 1.54) is 0 Å². The van der Waals surface area contributed by atoms with Crippen molar-refractivity contribution in [2.45, 2.75) is 24.2 Å². The third-order valence-electron chi connectivity index (χ3n) is 3.01. The number of carbonyl (C=O) groups is 1. The SMILES string of the molecule is O=C(Nc1ccccc1)O/N=C1\O[C@H](P(=O)([O-])[O-])[C@@H](O)[C@H](O)[C@H]1O. The second-order valence-corrected chi connectivity index (χ2v) is 6.36. The number of nitrogens with one attached hydrogen (secondary N) is 1. The normalized spacial score (nSPS) is 29.0. The molecule has 24 heavy (non-hydrogen) atoms. The Morgan fingerprint density at radius 3 is 2.42 bits per heavy atom. The molecular weight excluding hydrogens is 347 g/mol. The number of oxime groups is 1. The number of amides is 1. The van der Waals surface area contributed by atoms with Gasteiger partial charge in [0.05, 0.1) is 0 Å². The molecule has 1 aromatic rings. The van der Waals surface area contributed by atoms with Crippen molar-refractivity contribution in [2.75, 3.05) is 5.32 Å². The Balaban J connectivity index is 2.07. The molecule has 1 heterocycles. The van der Waals surface area contributed by atoms with Gasteiger partial charge in [-0.1, -0.05) is 18.2 Å². The van der Waals surface area contributed by atoms with Crippen molar-refractivity contribution in [3.63, 3.8) is 0 Å². The number of nitrogens with zero attached hydrogens (tertiary/aromatic N) is 1. The van der Waals surface area contributed by atoms with E-state index in [4.69, 9.17) is 0 Å². The van der Waals surface area contributed by atoms with Crippen LogP contribution in [-0.4, -0.2) is 51.5 Å². The van der Waals surface area contributed by atoms with E-state index in [2.05, 4.69) is 20.0 Å². The monoisotopic (exact) mass is 360 g/mol. The van der Waals surface area contributed by atoms with E-state index < -0.39 is 43.7 Å². The highest BCUT2D eigenvalue weighted by atomic mass is 31.2. The summed E-state index contributed by atoms with van der Waals surface area (Å²) in [4.78, 5) is 37.9. The first kappa shape index (κ1) is 18.3. The van der Waals surface area contributed by atoms with E-state index in [0.717, 1.165) is 0 Å². The molecule has 0 bridgehead atoms. The topological polar surface area (TPSA) is 184 Å². The molecule has 0 radical (unpaired) electrons. The lowest BCUT2D eigenvalue weighted by molar-refractivity contribution is -0.326. The van der Waals surface area contributed by atoms with Gasteiger partial charge in [-0.3, -0.25) is 10.2 Å². The zero-order chi connectivity index (χ0) is 17.9. The third-order valence-corrected chi connectivity index (χ3v) is 4.04. The lowest BCUT2D eigenvalue weighted by atomic mass is 10.1. The van der Waals surface area contributed by atoms with E-state index >= 15 is 0 Å². The zero-order valence-electron chi connectivity index (χ0n) is 11.9. The van der Waals surface area contributed by atoms with E-state index in [1.807, 2.05) is 0 Å². The van der Waals surface area contributed by atoms with Crippen LogP contribution in [0, 0.1) is 0 Å². The number of hydrogen-bond donors (Lipinski definition) is 4. The van der Waals surface area contributed by atoms with Gasteiger partial charge in [0, 0.05) is 5.69 Å². The van der Waals surface area contributed by atoms with Crippen LogP contribution in [0.5, 0.6) is 0 Å². The van der Waals surface area contributed by atoms with Crippen molar-refractivity contribution >= 4 is 25.3 Å². The first-order valence-electron chi connectivity index (χ1n) is 6.53. The standard InChI is InChI=1S/C12H15N2O9P/c15-7-8(16)10(22-11(9(7)17)24(19,20)21)14-23-12(18)13-6-4-2-1-3-5-6/h1-5,7-9,11,15-17H,(H,13,18)(H2,19,20,21)/p-2/b14-10-/t7-,8-,9+,11-/m1/s1. The second-order valence-electron chi connectivity index (χ2n) is 4.77. The first-order valence-corrected chi connectivity index (χ1v) is 8.15. The maximum absolute atomic E-state index is 11.5. The molecule has 4 N–H and O–H groups in total. The maximum Gasteiger partial charge on any atom is 0.437 e. The highest BCUT2D eigenvalue weighted by molar-refractivity contribution is 7.49. The Kier molecular flexibility index (Phi) is 5.54. The van der Waals surface area contributed by atoms with Crippen molar-refractivity contribution in [1.29, 1.82) is 0 Å². The van der Waals surface area contributed by atoms with Crippen LogP contribution >= 0.6 is 7.60 Å². The summed E-state index contributed by atoms with van der Waals surface area (Å²) in [6, 6.07) is 8.07. The minimum absolute atomic E-state index is 0.366. The Morgan fingerprint density at radius 1 is 1.21 bits per heavy atom. The molecule has 0 saturated carbocycles. The van der Waals surface area contributed by atoms with Crippen LogP contribution in [0.1, 0.15) is 0 Å². The molecule has 1 aliphatic rings. The highest BCUT2D eigenvalue weighted by Crippen LogP contribution is 2.39. The number of carbonyl (C=O) groups excluding carboxylic acids is 1. The van der Waals surface area contributed by atoms with Crippen LogP contribution in [0.25, 0.3) is 0 Å². The molecule has 0 aliphatic carbocycles. The molecule has 12 heteroatoms. The van der Waals surface area contributed by atoms with Crippen LogP contribution in [-0.2, 0) is 14.1 Å². The van der Waals surface area contributed by atoms with Crippen molar-refractivity contribution in [3.05, 3.63) is 30.3 Å². The lowest BCUT2D eigenvalue weighted by Gasteiger charge is -2.45. The number of benzene rings is 1. The molecule has 132 valence electrons. The van der Waals surface area contributed by atoms with Gasteiger partial charge in [0.2, 0.25) is 0 Å². The fourth-order valence-corrected chi connectivity index (χ4v) is 2.63.